The molecule has 1 aliphatic rings. The van der Waals surface area contributed by atoms with Crippen LogP contribution in [0.1, 0.15) is 18.1 Å². The van der Waals surface area contributed by atoms with Crippen molar-refractivity contribution in [2.45, 2.75) is 20.0 Å². The molecule has 3 rings (SSSR count). The van der Waals surface area contributed by atoms with E-state index in [2.05, 4.69) is 46.3 Å². The number of aliphatic imine (C=N–C) groups is 1. The molecule has 8 heteroatoms. The highest BCUT2D eigenvalue weighted by Crippen LogP contribution is 2.25. The predicted molar refractivity (Wildman–Crippen MR) is 141 cm³/mol. The van der Waals surface area contributed by atoms with E-state index in [0.29, 0.717) is 13.1 Å². The third-order valence-corrected chi connectivity index (χ3v) is 5.32. The average molecular weight is 554 g/mol. The molecule has 7 nitrogen and oxygen atoms in total. The van der Waals surface area contributed by atoms with Crippen LogP contribution in [0, 0.1) is 0 Å². The van der Waals surface area contributed by atoms with Gasteiger partial charge in [-0.25, -0.2) is 4.99 Å². The van der Waals surface area contributed by atoms with Crippen LogP contribution in [0.4, 0.5) is 5.69 Å². The number of nitrogens with zero attached hydrogens (tertiary/aromatic N) is 3. The molecular weight excluding hydrogens is 519 g/mol. The van der Waals surface area contributed by atoms with E-state index in [1.165, 1.54) is 11.3 Å². The summed E-state index contributed by atoms with van der Waals surface area (Å²) in [6.07, 6.45) is 0. The zero-order chi connectivity index (χ0) is 22.1. The molecule has 0 atom stereocenters. The van der Waals surface area contributed by atoms with Gasteiger partial charge in [0.2, 0.25) is 0 Å². The molecule has 0 amide bonds. The first-order valence-corrected chi connectivity index (χ1v) is 10.8. The molecule has 0 radical (unpaired) electrons. The lowest BCUT2D eigenvalue weighted by Gasteiger charge is -2.28. The fourth-order valence-corrected chi connectivity index (χ4v) is 3.58. The standard InChI is InChI=1S/C24H34N4O3.HI/c1-5-25-24(27(2)18-20-8-11-22(29-3)16-23(20)30-4)26-17-19-6-9-21(10-7-19)28-12-14-31-15-13-28;/h6-11,16H,5,12-15,17-18H2,1-4H3,(H,25,26);1H. The van der Waals surface area contributed by atoms with Crippen molar-refractivity contribution in [2.24, 2.45) is 4.99 Å². The van der Waals surface area contributed by atoms with Crippen LogP contribution < -0.4 is 19.7 Å². The van der Waals surface area contributed by atoms with E-state index in [1.807, 2.05) is 25.2 Å². The third-order valence-electron chi connectivity index (χ3n) is 5.32. The Balaban J connectivity index is 0.00000363. The number of rotatable bonds is 8. The summed E-state index contributed by atoms with van der Waals surface area (Å²) in [6.45, 7) is 7.66. The summed E-state index contributed by atoms with van der Waals surface area (Å²) in [5, 5.41) is 3.38. The average Bonchev–Trinajstić information content (AvgIpc) is 2.82. The van der Waals surface area contributed by atoms with E-state index in [-0.39, 0.29) is 24.0 Å². The monoisotopic (exact) mass is 554 g/mol. The molecule has 32 heavy (non-hydrogen) atoms. The van der Waals surface area contributed by atoms with Crippen molar-refractivity contribution in [3.63, 3.8) is 0 Å². The van der Waals surface area contributed by atoms with Gasteiger partial charge in [0.05, 0.1) is 34.0 Å². The first-order chi connectivity index (χ1) is 15.1. The second kappa shape index (κ2) is 13.4. The van der Waals surface area contributed by atoms with Crippen molar-refractivity contribution >= 4 is 35.6 Å². The van der Waals surface area contributed by atoms with E-state index in [1.54, 1.807) is 14.2 Å². The summed E-state index contributed by atoms with van der Waals surface area (Å²) in [4.78, 5) is 9.31. The SMILES string of the molecule is CCNC(=NCc1ccc(N2CCOCC2)cc1)N(C)Cc1ccc(OC)cc1OC.I. The van der Waals surface area contributed by atoms with Gasteiger partial charge >= 0.3 is 0 Å². The highest BCUT2D eigenvalue weighted by atomic mass is 127. The van der Waals surface area contributed by atoms with Gasteiger partial charge in [0.15, 0.2) is 5.96 Å². The van der Waals surface area contributed by atoms with Crippen LogP contribution in [0.5, 0.6) is 11.5 Å². The van der Waals surface area contributed by atoms with Crippen molar-refractivity contribution in [3.8, 4) is 11.5 Å². The first kappa shape index (κ1) is 26.1. The van der Waals surface area contributed by atoms with E-state index >= 15 is 0 Å². The molecule has 0 bridgehead atoms. The molecule has 2 aromatic carbocycles. The first-order valence-electron chi connectivity index (χ1n) is 10.8. The normalized spacial score (nSPS) is 13.9. The second-order valence-electron chi connectivity index (χ2n) is 7.47. The van der Waals surface area contributed by atoms with Crippen LogP contribution in [0.2, 0.25) is 0 Å². The van der Waals surface area contributed by atoms with Gasteiger partial charge in [0.1, 0.15) is 11.5 Å². The number of benzene rings is 2. The zero-order valence-corrected chi connectivity index (χ0v) is 21.8. The number of nitrogens with one attached hydrogen (secondary N) is 1. The van der Waals surface area contributed by atoms with Gasteiger partial charge in [0.25, 0.3) is 0 Å². The summed E-state index contributed by atoms with van der Waals surface area (Å²) in [5.74, 6) is 2.45. The lowest BCUT2D eigenvalue weighted by atomic mass is 10.2. The van der Waals surface area contributed by atoms with Crippen LogP contribution in [0.15, 0.2) is 47.5 Å². The lowest BCUT2D eigenvalue weighted by Crippen LogP contribution is -2.38. The highest BCUT2D eigenvalue weighted by molar-refractivity contribution is 14.0. The van der Waals surface area contributed by atoms with Crippen molar-refractivity contribution in [2.75, 3.05) is 59.0 Å². The lowest BCUT2D eigenvalue weighted by molar-refractivity contribution is 0.122. The summed E-state index contributed by atoms with van der Waals surface area (Å²) >= 11 is 0. The topological polar surface area (TPSA) is 58.6 Å². The molecule has 1 heterocycles. The van der Waals surface area contributed by atoms with E-state index < -0.39 is 0 Å². The number of ether oxygens (including phenoxy) is 3. The number of morpholine rings is 1. The van der Waals surface area contributed by atoms with Crippen molar-refractivity contribution in [1.82, 2.24) is 10.2 Å². The number of hydrogen-bond donors (Lipinski definition) is 1. The molecule has 1 fully saturated rings. The maximum Gasteiger partial charge on any atom is 0.194 e. The molecule has 0 saturated carbocycles. The smallest absolute Gasteiger partial charge is 0.194 e. The van der Waals surface area contributed by atoms with E-state index in [9.17, 15) is 0 Å². The molecule has 1 N–H and O–H groups in total. The Morgan fingerprint density at radius 2 is 1.81 bits per heavy atom. The molecule has 0 unspecified atom stereocenters. The highest BCUT2D eigenvalue weighted by Gasteiger charge is 2.12. The van der Waals surface area contributed by atoms with Gasteiger partial charge in [-0.3, -0.25) is 0 Å². The maximum absolute atomic E-state index is 5.54. The molecule has 0 aliphatic carbocycles. The molecule has 0 aromatic heterocycles. The fraction of sp³-hybridized carbons (Fsp3) is 0.458. The molecule has 1 saturated heterocycles. The Morgan fingerprint density at radius 3 is 2.44 bits per heavy atom. The number of guanidine groups is 1. The predicted octanol–water partition coefficient (Wildman–Crippen LogP) is 3.76. The maximum atomic E-state index is 5.54. The van der Waals surface area contributed by atoms with Crippen molar-refractivity contribution in [1.29, 1.82) is 0 Å². The molecule has 0 spiro atoms. The van der Waals surface area contributed by atoms with Gasteiger partial charge in [-0.1, -0.05) is 12.1 Å². The van der Waals surface area contributed by atoms with Crippen LogP contribution >= 0.6 is 24.0 Å². The van der Waals surface area contributed by atoms with E-state index in [4.69, 9.17) is 19.2 Å². The number of hydrogen-bond acceptors (Lipinski definition) is 5. The number of anilines is 1. The van der Waals surface area contributed by atoms with Gasteiger partial charge in [-0.15, -0.1) is 24.0 Å². The zero-order valence-electron chi connectivity index (χ0n) is 19.5. The van der Waals surface area contributed by atoms with Gasteiger partial charge < -0.3 is 29.3 Å². The van der Waals surface area contributed by atoms with Crippen LogP contribution in [-0.4, -0.2) is 65.0 Å². The molecule has 1 aliphatic heterocycles. The largest absolute Gasteiger partial charge is 0.497 e. The van der Waals surface area contributed by atoms with Gasteiger partial charge in [0, 0.05) is 50.5 Å². The van der Waals surface area contributed by atoms with Crippen LogP contribution in [-0.2, 0) is 17.8 Å². The second-order valence-corrected chi connectivity index (χ2v) is 7.47. The Bertz CT molecular complexity index is 855. The Kier molecular flexibility index (Phi) is 10.9. The Morgan fingerprint density at radius 1 is 1.09 bits per heavy atom. The van der Waals surface area contributed by atoms with Crippen molar-refractivity contribution < 1.29 is 14.2 Å². The van der Waals surface area contributed by atoms with Crippen molar-refractivity contribution in [3.05, 3.63) is 53.6 Å². The number of methoxy groups -OCH3 is 2. The molecular formula is C24H35IN4O3. The molecule has 176 valence electrons. The Labute approximate surface area is 208 Å². The Hall–Kier alpha value is -2.20. The minimum absolute atomic E-state index is 0. The summed E-state index contributed by atoms with van der Waals surface area (Å²) in [5.41, 5.74) is 3.50. The minimum Gasteiger partial charge on any atom is -0.497 e. The fourth-order valence-electron chi connectivity index (χ4n) is 3.58. The third kappa shape index (κ3) is 7.16. The van der Waals surface area contributed by atoms with E-state index in [0.717, 1.165) is 55.9 Å². The quantitative estimate of drug-likeness (QED) is 0.305. The van der Waals surface area contributed by atoms with Crippen LogP contribution in [0.25, 0.3) is 0 Å². The van der Waals surface area contributed by atoms with Gasteiger partial charge in [-0.05, 0) is 36.8 Å². The number of halogens is 1. The molecule has 2 aromatic rings. The minimum atomic E-state index is 0. The summed E-state index contributed by atoms with van der Waals surface area (Å²) in [6, 6.07) is 14.6. The van der Waals surface area contributed by atoms with Gasteiger partial charge in [-0.2, -0.15) is 0 Å². The summed E-state index contributed by atoms with van der Waals surface area (Å²) < 4.78 is 16.3. The summed E-state index contributed by atoms with van der Waals surface area (Å²) in [7, 11) is 5.37. The van der Waals surface area contributed by atoms with Crippen LogP contribution in [0.3, 0.4) is 0 Å².